The van der Waals surface area contributed by atoms with Crippen LogP contribution in [0, 0.1) is 13.8 Å². The molecule has 0 spiro atoms. The van der Waals surface area contributed by atoms with Gasteiger partial charge in [-0.1, -0.05) is 17.7 Å². The highest BCUT2D eigenvalue weighted by molar-refractivity contribution is 6.32. The molecule has 0 aliphatic rings. The average Bonchev–Trinajstić information content (AvgIpc) is 2.41. The highest BCUT2D eigenvalue weighted by atomic mass is 35.5. The van der Waals surface area contributed by atoms with Crippen LogP contribution in [0.25, 0.3) is 0 Å². The smallest absolute Gasteiger partial charge is 0.122 e. The number of benzene rings is 2. The quantitative estimate of drug-likeness (QED) is 0.669. The Balaban J connectivity index is 1.84. The standard InChI is InChI=1S/C16H18ClNO2/c1-11-8-15(9-12(2)16(11)17)20-7-6-19-14-5-3-4-13(18)10-14/h3-5,8-10H,6-7,18H2,1-2H3. The molecule has 0 aromatic heterocycles. The molecule has 0 saturated carbocycles. The maximum atomic E-state index is 6.11. The molecule has 2 aromatic carbocycles. The second-order valence-electron chi connectivity index (χ2n) is 4.64. The Morgan fingerprint density at radius 3 is 2.15 bits per heavy atom. The maximum Gasteiger partial charge on any atom is 0.122 e. The van der Waals surface area contributed by atoms with Crippen LogP contribution in [0.1, 0.15) is 11.1 Å². The van der Waals surface area contributed by atoms with E-state index in [-0.39, 0.29) is 0 Å². The predicted molar refractivity (Wildman–Crippen MR) is 82.8 cm³/mol. The third-order valence-electron chi connectivity index (χ3n) is 2.89. The second kappa shape index (κ2) is 6.53. The van der Waals surface area contributed by atoms with Crippen molar-refractivity contribution in [3.8, 4) is 11.5 Å². The summed E-state index contributed by atoms with van der Waals surface area (Å²) in [6.07, 6.45) is 0. The Hall–Kier alpha value is -1.87. The molecule has 0 heterocycles. The van der Waals surface area contributed by atoms with E-state index in [9.17, 15) is 0 Å². The Bertz CT molecular complexity index is 576. The molecule has 0 aliphatic heterocycles. The molecule has 4 heteroatoms. The summed E-state index contributed by atoms with van der Waals surface area (Å²) in [6.45, 7) is 4.86. The first-order chi connectivity index (χ1) is 9.56. The minimum Gasteiger partial charge on any atom is -0.490 e. The van der Waals surface area contributed by atoms with Gasteiger partial charge in [-0.2, -0.15) is 0 Å². The Kier molecular flexibility index (Phi) is 4.74. The molecule has 20 heavy (non-hydrogen) atoms. The maximum absolute atomic E-state index is 6.11. The van der Waals surface area contributed by atoms with Gasteiger partial charge in [-0.3, -0.25) is 0 Å². The van der Waals surface area contributed by atoms with Crippen molar-refractivity contribution in [3.05, 3.63) is 52.5 Å². The summed E-state index contributed by atoms with van der Waals surface area (Å²) in [5.74, 6) is 1.55. The van der Waals surface area contributed by atoms with Gasteiger partial charge in [0.15, 0.2) is 0 Å². The first kappa shape index (κ1) is 14.5. The van der Waals surface area contributed by atoms with Crippen molar-refractivity contribution in [2.24, 2.45) is 0 Å². The molecule has 2 N–H and O–H groups in total. The summed E-state index contributed by atoms with van der Waals surface area (Å²) in [5, 5.41) is 0.786. The van der Waals surface area contributed by atoms with Crippen molar-refractivity contribution < 1.29 is 9.47 Å². The fraction of sp³-hybridized carbons (Fsp3) is 0.250. The van der Waals surface area contributed by atoms with E-state index in [0.717, 1.165) is 27.6 Å². The lowest BCUT2D eigenvalue weighted by atomic mass is 10.1. The van der Waals surface area contributed by atoms with Crippen molar-refractivity contribution >= 4 is 17.3 Å². The van der Waals surface area contributed by atoms with E-state index in [2.05, 4.69) is 0 Å². The third kappa shape index (κ3) is 3.81. The lowest BCUT2D eigenvalue weighted by Gasteiger charge is -2.11. The van der Waals surface area contributed by atoms with Crippen LogP contribution in [0.5, 0.6) is 11.5 Å². The van der Waals surface area contributed by atoms with Crippen LogP contribution < -0.4 is 15.2 Å². The van der Waals surface area contributed by atoms with Crippen LogP contribution in [-0.4, -0.2) is 13.2 Å². The number of nitrogen functional groups attached to an aromatic ring is 1. The first-order valence-corrected chi connectivity index (χ1v) is 6.82. The molecule has 3 nitrogen and oxygen atoms in total. The molecular weight excluding hydrogens is 274 g/mol. The predicted octanol–water partition coefficient (Wildman–Crippen LogP) is 4.00. The van der Waals surface area contributed by atoms with E-state index in [1.165, 1.54) is 0 Å². The topological polar surface area (TPSA) is 44.5 Å². The van der Waals surface area contributed by atoms with Crippen molar-refractivity contribution in [2.75, 3.05) is 18.9 Å². The number of nitrogens with two attached hydrogens (primary N) is 1. The molecule has 0 atom stereocenters. The number of halogens is 1. The summed E-state index contributed by atoms with van der Waals surface area (Å²) in [5.41, 5.74) is 8.39. The van der Waals surface area contributed by atoms with E-state index in [1.807, 2.05) is 44.2 Å². The Morgan fingerprint density at radius 2 is 1.55 bits per heavy atom. The van der Waals surface area contributed by atoms with Gasteiger partial charge in [-0.05, 0) is 49.2 Å². The second-order valence-corrected chi connectivity index (χ2v) is 5.02. The summed E-state index contributed by atoms with van der Waals surface area (Å²) < 4.78 is 11.2. The number of rotatable bonds is 5. The van der Waals surface area contributed by atoms with Gasteiger partial charge in [0.2, 0.25) is 0 Å². The lowest BCUT2D eigenvalue weighted by molar-refractivity contribution is 0.217. The van der Waals surface area contributed by atoms with Crippen LogP contribution in [0.15, 0.2) is 36.4 Å². The molecule has 0 bridgehead atoms. The van der Waals surface area contributed by atoms with E-state index in [1.54, 1.807) is 6.07 Å². The number of hydrogen-bond donors (Lipinski definition) is 1. The summed E-state index contributed by atoms with van der Waals surface area (Å²) in [7, 11) is 0. The number of aryl methyl sites for hydroxylation is 2. The van der Waals surface area contributed by atoms with Crippen molar-refractivity contribution in [1.29, 1.82) is 0 Å². The van der Waals surface area contributed by atoms with Gasteiger partial charge >= 0.3 is 0 Å². The molecule has 2 rings (SSSR count). The van der Waals surface area contributed by atoms with E-state index < -0.39 is 0 Å². The van der Waals surface area contributed by atoms with Gasteiger partial charge in [0.05, 0.1) is 0 Å². The van der Waals surface area contributed by atoms with Crippen molar-refractivity contribution in [2.45, 2.75) is 13.8 Å². The third-order valence-corrected chi connectivity index (χ3v) is 3.49. The molecular formula is C16H18ClNO2. The van der Waals surface area contributed by atoms with Gasteiger partial charge < -0.3 is 15.2 Å². The Morgan fingerprint density at radius 1 is 0.950 bits per heavy atom. The highest BCUT2D eigenvalue weighted by Crippen LogP contribution is 2.25. The zero-order valence-electron chi connectivity index (χ0n) is 11.7. The first-order valence-electron chi connectivity index (χ1n) is 6.44. The molecule has 0 aliphatic carbocycles. The molecule has 106 valence electrons. The average molecular weight is 292 g/mol. The van der Waals surface area contributed by atoms with Crippen LogP contribution in [0.3, 0.4) is 0 Å². The molecule has 0 radical (unpaired) electrons. The highest BCUT2D eigenvalue weighted by Gasteiger charge is 2.03. The lowest BCUT2D eigenvalue weighted by Crippen LogP contribution is -2.09. The minimum atomic E-state index is 0.462. The van der Waals surface area contributed by atoms with E-state index in [0.29, 0.717) is 18.9 Å². The van der Waals surface area contributed by atoms with E-state index >= 15 is 0 Å². The number of anilines is 1. The van der Waals surface area contributed by atoms with Crippen LogP contribution >= 0.6 is 11.6 Å². The monoisotopic (exact) mass is 291 g/mol. The van der Waals surface area contributed by atoms with Gasteiger partial charge in [-0.15, -0.1) is 0 Å². The van der Waals surface area contributed by atoms with Crippen molar-refractivity contribution in [1.82, 2.24) is 0 Å². The van der Waals surface area contributed by atoms with Crippen LogP contribution in [-0.2, 0) is 0 Å². The van der Waals surface area contributed by atoms with Gasteiger partial charge in [0, 0.05) is 16.8 Å². The fourth-order valence-electron chi connectivity index (χ4n) is 1.91. The molecule has 0 unspecified atom stereocenters. The normalized spacial score (nSPS) is 10.3. The summed E-state index contributed by atoms with van der Waals surface area (Å²) in [6, 6.07) is 11.2. The molecule has 0 saturated heterocycles. The van der Waals surface area contributed by atoms with Crippen molar-refractivity contribution in [3.63, 3.8) is 0 Å². The zero-order chi connectivity index (χ0) is 14.5. The van der Waals surface area contributed by atoms with E-state index in [4.69, 9.17) is 26.8 Å². The van der Waals surface area contributed by atoms with Gasteiger partial charge in [0.1, 0.15) is 24.7 Å². The Labute approximate surface area is 124 Å². The SMILES string of the molecule is Cc1cc(OCCOc2cccc(N)c2)cc(C)c1Cl. The molecule has 0 amide bonds. The number of hydrogen-bond acceptors (Lipinski definition) is 3. The van der Waals surface area contributed by atoms with Gasteiger partial charge in [0.25, 0.3) is 0 Å². The van der Waals surface area contributed by atoms with Crippen LogP contribution in [0.2, 0.25) is 5.02 Å². The summed E-state index contributed by atoms with van der Waals surface area (Å²) >= 11 is 6.11. The largest absolute Gasteiger partial charge is 0.490 e. The molecule has 2 aromatic rings. The summed E-state index contributed by atoms with van der Waals surface area (Å²) in [4.78, 5) is 0. The van der Waals surface area contributed by atoms with Crippen LogP contribution in [0.4, 0.5) is 5.69 Å². The zero-order valence-corrected chi connectivity index (χ0v) is 12.4. The van der Waals surface area contributed by atoms with Gasteiger partial charge in [-0.25, -0.2) is 0 Å². The minimum absolute atomic E-state index is 0.462. The number of ether oxygens (including phenoxy) is 2. The molecule has 0 fully saturated rings. The fourth-order valence-corrected chi connectivity index (χ4v) is 2.02.